The van der Waals surface area contributed by atoms with Crippen molar-refractivity contribution in [1.82, 2.24) is 0 Å². The van der Waals surface area contributed by atoms with Crippen LogP contribution in [0.1, 0.15) is 56.0 Å². The lowest BCUT2D eigenvalue weighted by molar-refractivity contribution is -0.143. The lowest BCUT2D eigenvalue weighted by Gasteiger charge is -2.04. The van der Waals surface area contributed by atoms with E-state index in [1.165, 1.54) is 14.0 Å². The molecule has 0 atom stereocenters. The van der Waals surface area contributed by atoms with Gasteiger partial charge in [0.1, 0.15) is 12.2 Å². The summed E-state index contributed by atoms with van der Waals surface area (Å²) in [5, 5.41) is 0. The molecule has 0 aliphatic rings. The van der Waals surface area contributed by atoms with Crippen molar-refractivity contribution in [2.45, 2.75) is 46.5 Å². The van der Waals surface area contributed by atoms with Gasteiger partial charge in [-0.1, -0.05) is 37.3 Å². The number of carbonyl (C=O) groups is 4. The first-order valence-corrected chi connectivity index (χ1v) is 8.35. The number of allylic oxidation sites excluding steroid dienone is 2. The Morgan fingerprint density at radius 2 is 1.77 bits per heavy atom. The number of Topliss-reactive ketones (excluding diaryl/α,β-unsaturated/α-hetero) is 1. The fourth-order valence-corrected chi connectivity index (χ4v) is 1.95. The molecule has 0 N–H and O–H groups in total. The van der Waals surface area contributed by atoms with Gasteiger partial charge in [0.15, 0.2) is 0 Å². The number of hydrogen-bond donors (Lipinski definition) is 0. The van der Waals surface area contributed by atoms with E-state index in [2.05, 4.69) is 9.47 Å². The number of esters is 3. The normalized spacial score (nSPS) is 9.85. The maximum Gasteiger partial charge on any atom is 0.346 e. The van der Waals surface area contributed by atoms with Crippen LogP contribution in [0.4, 0.5) is 0 Å². The number of aryl methyl sites for hydroxylation is 1. The lowest BCUT2D eigenvalue weighted by atomic mass is 10.1. The topological polar surface area (TPSA) is 86.7 Å². The highest BCUT2D eigenvalue weighted by atomic mass is 16.6. The zero-order valence-electron chi connectivity index (χ0n) is 15.7. The maximum absolute atomic E-state index is 11.4. The van der Waals surface area contributed by atoms with Gasteiger partial charge in [0.05, 0.1) is 12.7 Å². The van der Waals surface area contributed by atoms with Crippen molar-refractivity contribution in [2.75, 3.05) is 7.11 Å². The second-order valence-electron chi connectivity index (χ2n) is 5.29. The molecule has 0 saturated carbocycles. The lowest BCUT2D eigenvalue weighted by Crippen LogP contribution is -2.11. The minimum Gasteiger partial charge on any atom is -0.469 e. The van der Waals surface area contributed by atoms with Crippen LogP contribution in [0.15, 0.2) is 36.4 Å². The zero-order chi connectivity index (χ0) is 19.9. The van der Waals surface area contributed by atoms with E-state index in [1.54, 1.807) is 12.1 Å². The predicted molar refractivity (Wildman–Crippen MR) is 97.6 cm³/mol. The first kappa shape index (κ1) is 23.2. The third-order valence-corrected chi connectivity index (χ3v) is 3.25. The van der Waals surface area contributed by atoms with Crippen LogP contribution >= 0.6 is 0 Å². The predicted octanol–water partition coefficient (Wildman–Crippen LogP) is 3.43. The second kappa shape index (κ2) is 13.5. The number of rotatable bonds is 7. The monoisotopic (exact) mass is 362 g/mol. The highest BCUT2D eigenvalue weighted by molar-refractivity contribution is 5.97. The molecule has 1 rings (SSSR count). The summed E-state index contributed by atoms with van der Waals surface area (Å²) in [5.41, 5.74) is 1.35. The van der Waals surface area contributed by atoms with Crippen molar-refractivity contribution in [2.24, 2.45) is 0 Å². The van der Waals surface area contributed by atoms with Crippen LogP contribution in [0.25, 0.3) is 0 Å². The van der Waals surface area contributed by atoms with Crippen LogP contribution in [-0.2, 0) is 30.3 Å². The number of methoxy groups -OCH3 is 1. The number of ketones is 1. The summed E-state index contributed by atoms with van der Waals surface area (Å²) < 4.78 is 8.85. The van der Waals surface area contributed by atoms with Crippen LogP contribution in [0.5, 0.6) is 0 Å². The summed E-state index contributed by atoms with van der Waals surface area (Å²) in [7, 11) is 1.28. The van der Waals surface area contributed by atoms with Crippen molar-refractivity contribution in [3.63, 3.8) is 0 Å². The van der Waals surface area contributed by atoms with Crippen LogP contribution in [0.3, 0.4) is 0 Å². The third kappa shape index (κ3) is 10.2. The first-order valence-electron chi connectivity index (χ1n) is 8.35. The number of carbonyl (C=O) groups excluding carboxylic acids is 4. The highest BCUT2D eigenvalue weighted by Gasteiger charge is 2.12. The Kier molecular flexibility index (Phi) is 12.1. The molecule has 0 saturated heterocycles. The Hall–Kier alpha value is -2.76. The van der Waals surface area contributed by atoms with Crippen molar-refractivity contribution in [1.29, 1.82) is 0 Å². The standard InChI is InChI=1S/C11H12O3.C9H14O3/c1-3-9-6-4-5-7-10(9)11(13)14-8(2)12;1-3-4-5-6-8(10)7-9(11)12-2/h4-7H,3H2,1-2H3;3-4H,5-7H2,1-2H3. The number of hydrogen-bond acceptors (Lipinski definition) is 6. The fourth-order valence-electron chi connectivity index (χ4n) is 1.95. The second-order valence-corrected chi connectivity index (χ2v) is 5.29. The summed E-state index contributed by atoms with van der Waals surface area (Å²) >= 11 is 0. The largest absolute Gasteiger partial charge is 0.469 e. The maximum atomic E-state index is 11.4. The van der Waals surface area contributed by atoms with E-state index < -0.39 is 17.9 Å². The minimum absolute atomic E-state index is 0.0695. The Labute approximate surface area is 154 Å². The van der Waals surface area contributed by atoms with Crippen LogP contribution < -0.4 is 0 Å². The van der Waals surface area contributed by atoms with Gasteiger partial charge < -0.3 is 9.47 Å². The molecule has 6 heteroatoms. The van der Waals surface area contributed by atoms with Crippen molar-refractivity contribution in [3.05, 3.63) is 47.5 Å². The van der Waals surface area contributed by atoms with Gasteiger partial charge in [-0.2, -0.15) is 0 Å². The Balaban J connectivity index is 0.000000488. The molecule has 0 bridgehead atoms. The Bertz CT molecular complexity index is 645. The molecule has 0 spiro atoms. The molecule has 0 heterocycles. The molecule has 6 nitrogen and oxygen atoms in total. The molecular weight excluding hydrogens is 336 g/mol. The van der Waals surface area contributed by atoms with E-state index in [1.807, 2.05) is 38.1 Å². The summed E-state index contributed by atoms with van der Waals surface area (Å²) in [4.78, 5) is 43.5. The Morgan fingerprint density at radius 1 is 1.12 bits per heavy atom. The van der Waals surface area contributed by atoms with E-state index in [9.17, 15) is 19.2 Å². The molecule has 0 amide bonds. The van der Waals surface area contributed by atoms with E-state index in [-0.39, 0.29) is 12.2 Å². The molecule has 0 aliphatic heterocycles. The SMILES string of the molecule is CC=CCCC(=O)CC(=O)OC.CCc1ccccc1C(=O)OC(C)=O. The van der Waals surface area contributed by atoms with Gasteiger partial charge in [-0.15, -0.1) is 0 Å². The number of benzene rings is 1. The summed E-state index contributed by atoms with van der Waals surface area (Å²) in [6.45, 7) is 5.05. The summed E-state index contributed by atoms with van der Waals surface area (Å²) in [6, 6.07) is 7.10. The molecule has 0 unspecified atom stereocenters. The smallest absolute Gasteiger partial charge is 0.346 e. The van der Waals surface area contributed by atoms with E-state index >= 15 is 0 Å². The van der Waals surface area contributed by atoms with Crippen molar-refractivity contribution < 1.29 is 28.7 Å². The van der Waals surface area contributed by atoms with Gasteiger partial charge in [0.25, 0.3) is 0 Å². The zero-order valence-corrected chi connectivity index (χ0v) is 15.7. The molecule has 0 aliphatic carbocycles. The first-order chi connectivity index (χ1) is 12.3. The van der Waals surface area contributed by atoms with E-state index in [0.717, 1.165) is 12.0 Å². The van der Waals surface area contributed by atoms with Crippen molar-refractivity contribution >= 4 is 23.7 Å². The molecule has 1 aromatic rings. The van der Waals surface area contributed by atoms with E-state index in [4.69, 9.17) is 0 Å². The number of ether oxygens (including phenoxy) is 2. The van der Waals surface area contributed by atoms with E-state index in [0.29, 0.717) is 18.4 Å². The molecule has 142 valence electrons. The molecule has 26 heavy (non-hydrogen) atoms. The van der Waals surface area contributed by atoms with Crippen LogP contribution in [0, 0.1) is 0 Å². The molecular formula is C20H26O6. The fraction of sp³-hybridized carbons (Fsp3) is 0.400. The van der Waals surface area contributed by atoms with Crippen LogP contribution in [0.2, 0.25) is 0 Å². The third-order valence-electron chi connectivity index (χ3n) is 3.25. The Morgan fingerprint density at radius 3 is 2.31 bits per heavy atom. The van der Waals surface area contributed by atoms with Gasteiger partial charge in [0, 0.05) is 13.3 Å². The van der Waals surface area contributed by atoms with Gasteiger partial charge >= 0.3 is 17.9 Å². The summed E-state index contributed by atoms with van der Waals surface area (Å²) in [6.07, 6.45) is 5.53. The minimum atomic E-state index is -0.582. The molecule has 1 aromatic carbocycles. The quantitative estimate of drug-likeness (QED) is 0.420. The van der Waals surface area contributed by atoms with Gasteiger partial charge in [0.2, 0.25) is 0 Å². The molecule has 0 aromatic heterocycles. The van der Waals surface area contributed by atoms with Gasteiger partial charge in [-0.25, -0.2) is 4.79 Å². The average molecular weight is 362 g/mol. The van der Waals surface area contributed by atoms with Crippen molar-refractivity contribution in [3.8, 4) is 0 Å². The summed E-state index contributed by atoms with van der Waals surface area (Å²) in [5.74, 6) is -1.68. The van der Waals surface area contributed by atoms with Gasteiger partial charge in [-0.3, -0.25) is 14.4 Å². The van der Waals surface area contributed by atoms with Gasteiger partial charge in [-0.05, 0) is 31.4 Å². The molecule has 0 radical (unpaired) electrons. The van der Waals surface area contributed by atoms with Crippen LogP contribution in [-0.4, -0.2) is 30.8 Å². The highest BCUT2D eigenvalue weighted by Crippen LogP contribution is 2.10. The molecule has 0 fully saturated rings. The average Bonchev–Trinajstić information content (AvgIpc) is 2.61.